The number of ether oxygens (including phenoxy) is 1. The van der Waals surface area contributed by atoms with Crippen molar-refractivity contribution in [2.45, 2.75) is 13.1 Å². The lowest BCUT2D eigenvalue weighted by atomic mass is 10.3. The van der Waals surface area contributed by atoms with E-state index in [9.17, 15) is 0 Å². The molecule has 0 aliphatic carbocycles. The van der Waals surface area contributed by atoms with Crippen LogP contribution in [0, 0.1) is 0 Å². The van der Waals surface area contributed by atoms with Crippen LogP contribution >= 0.6 is 11.3 Å². The van der Waals surface area contributed by atoms with Crippen LogP contribution in [0.15, 0.2) is 30.2 Å². The molecule has 0 atom stereocenters. The molecule has 2 aromatic rings. The minimum absolute atomic E-state index is 0.752. The van der Waals surface area contributed by atoms with E-state index in [-0.39, 0.29) is 0 Å². The Hall–Kier alpha value is -1.17. The number of hydrogen-bond acceptors (Lipinski definition) is 4. The second-order valence-electron chi connectivity index (χ2n) is 3.83. The quantitative estimate of drug-likeness (QED) is 0.762. The number of thiazole rings is 1. The topological polar surface area (TPSA) is 39.1 Å². The summed E-state index contributed by atoms with van der Waals surface area (Å²) in [6.45, 7) is 3.43. The summed E-state index contributed by atoms with van der Waals surface area (Å²) in [5.41, 5.74) is 3.16. The fourth-order valence-corrected chi connectivity index (χ4v) is 2.20. The van der Waals surface area contributed by atoms with Gasteiger partial charge in [-0.1, -0.05) is 0 Å². The Labute approximate surface area is 105 Å². The van der Waals surface area contributed by atoms with Gasteiger partial charge >= 0.3 is 0 Å². The van der Waals surface area contributed by atoms with Crippen LogP contribution in [0.5, 0.6) is 0 Å². The van der Waals surface area contributed by atoms with Gasteiger partial charge < -0.3 is 14.6 Å². The molecule has 0 bridgehead atoms. The molecule has 0 amide bonds. The maximum atomic E-state index is 4.98. The van der Waals surface area contributed by atoms with Gasteiger partial charge in [-0.15, -0.1) is 11.3 Å². The van der Waals surface area contributed by atoms with E-state index in [0.717, 1.165) is 26.2 Å². The van der Waals surface area contributed by atoms with Crippen molar-refractivity contribution >= 4 is 11.3 Å². The molecule has 0 aliphatic heterocycles. The van der Waals surface area contributed by atoms with Gasteiger partial charge in [-0.2, -0.15) is 0 Å². The van der Waals surface area contributed by atoms with E-state index < -0.39 is 0 Å². The fraction of sp³-hybridized carbons (Fsp3) is 0.417. The van der Waals surface area contributed by atoms with Gasteiger partial charge in [0, 0.05) is 43.7 Å². The Morgan fingerprint density at radius 3 is 3.24 bits per heavy atom. The highest BCUT2D eigenvalue weighted by molar-refractivity contribution is 7.09. The van der Waals surface area contributed by atoms with Crippen LogP contribution in [0.2, 0.25) is 0 Å². The normalized spacial score (nSPS) is 10.9. The average molecular weight is 251 g/mol. The summed E-state index contributed by atoms with van der Waals surface area (Å²) in [5, 5.41) is 3.33. The molecule has 0 saturated heterocycles. The smallest absolute Gasteiger partial charge is 0.0794 e. The summed E-state index contributed by atoms with van der Waals surface area (Å²) in [4.78, 5) is 5.35. The molecule has 0 aromatic carbocycles. The summed E-state index contributed by atoms with van der Waals surface area (Å²) < 4.78 is 7.16. The molecule has 2 rings (SSSR count). The van der Waals surface area contributed by atoms with Crippen LogP contribution in [-0.2, 0) is 17.8 Å². The Kier molecular flexibility index (Phi) is 4.73. The summed E-state index contributed by atoms with van der Waals surface area (Å²) in [7, 11) is 1.72. The van der Waals surface area contributed by atoms with Gasteiger partial charge in [0.05, 0.1) is 18.7 Å². The Morgan fingerprint density at radius 1 is 1.53 bits per heavy atom. The van der Waals surface area contributed by atoms with Gasteiger partial charge in [0.2, 0.25) is 0 Å². The second-order valence-corrected chi connectivity index (χ2v) is 4.80. The van der Waals surface area contributed by atoms with Crippen molar-refractivity contribution in [1.82, 2.24) is 14.9 Å². The zero-order valence-corrected chi connectivity index (χ0v) is 10.7. The summed E-state index contributed by atoms with van der Waals surface area (Å²) in [6, 6.07) is 2.14. The van der Waals surface area contributed by atoms with E-state index in [2.05, 4.69) is 33.3 Å². The molecule has 1 N–H and O–H groups in total. The molecule has 0 saturated carbocycles. The first kappa shape index (κ1) is 12.3. The number of nitrogens with zero attached hydrogens (tertiary/aromatic N) is 2. The number of rotatable bonds is 7. The molecule has 2 aromatic heterocycles. The maximum Gasteiger partial charge on any atom is 0.0794 e. The highest BCUT2D eigenvalue weighted by Gasteiger charge is 1.99. The summed E-state index contributed by atoms with van der Waals surface area (Å²) in [5.74, 6) is 0. The molecule has 5 heteroatoms. The standard InChI is InChI=1S/C12H17N3OS/c1-16-5-3-13-6-11-2-4-15(8-11)9-12-7-14-10-17-12/h2,4,7-8,10,13H,3,5-6,9H2,1H3. The Balaban J connectivity index is 1.79. The number of nitrogens with one attached hydrogen (secondary N) is 1. The monoisotopic (exact) mass is 251 g/mol. The van der Waals surface area contributed by atoms with Gasteiger partial charge in [0.15, 0.2) is 0 Å². The van der Waals surface area contributed by atoms with Gasteiger partial charge in [-0.05, 0) is 11.6 Å². The third kappa shape index (κ3) is 3.96. The highest BCUT2D eigenvalue weighted by Crippen LogP contribution is 2.09. The van der Waals surface area contributed by atoms with E-state index in [0.29, 0.717) is 0 Å². The zero-order chi connectivity index (χ0) is 11.9. The van der Waals surface area contributed by atoms with Gasteiger partial charge in [-0.25, -0.2) is 0 Å². The molecule has 17 heavy (non-hydrogen) atoms. The molecule has 92 valence electrons. The first-order valence-electron chi connectivity index (χ1n) is 5.60. The van der Waals surface area contributed by atoms with E-state index >= 15 is 0 Å². The molecule has 0 fully saturated rings. The van der Waals surface area contributed by atoms with E-state index in [4.69, 9.17) is 4.74 Å². The van der Waals surface area contributed by atoms with Crippen molar-refractivity contribution in [2.24, 2.45) is 0 Å². The minimum Gasteiger partial charge on any atom is -0.383 e. The molecule has 2 heterocycles. The number of methoxy groups -OCH3 is 1. The molecule has 4 nitrogen and oxygen atoms in total. The SMILES string of the molecule is COCCNCc1ccn(Cc2cncs2)c1. The largest absolute Gasteiger partial charge is 0.383 e. The van der Waals surface area contributed by atoms with E-state index in [1.807, 2.05) is 11.7 Å². The van der Waals surface area contributed by atoms with Crippen molar-refractivity contribution in [2.75, 3.05) is 20.3 Å². The van der Waals surface area contributed by atoms with Crippen molar-refractivity contribution in [3.8, 4) is 0 Å². The first-order chi connectivity index (χ1) is 8.38. The lowest BCUT2D eigenvalue weighted by Crippen LogP contribution is -2.18. The fourth-order valence-electron chi connectivity index (χ4n) is 1.60. The average Bonchev–Trinajstić information content (AvgIpc) is 2.97. The van der Waals surface area contributed by atoms with Crippen molar-refractivity contribution in [3.63, 3.8) is 0 Å². The predicted octanol–water partition coefficient (Wildman–Crippen LogP) is 1.73. The zero-order valence-electron chi connectivity index (χ0n) is 9.93. The van der Waals surface area contributed by atoms with Crippen molar-refractivity contribution < 1.29 is 4.74 Å². The molecule has 0 radical (unpaired) electrons. The maximum absolute atomic E-state index is 4.98. The van der Waals surface area contributed by atoms with Crippen LogP contribution < -0.4 is 5.32 Å². The highest BCUT2D eigenvalue weighted by atomic mass is 32.1. The molecular weight excluding hydrogens is 234 g/mol. The van der Waals surface area contributed by atoms with E-state index in [1.165, 1.54) is 10.4 Å². The summed E-state index contributed by atoms with van der Waals surface area (Å²) >= 11 is 1.69. The number of hydrogen-bond donors (Lipinski definition) is 1. The molecule has 0 spiro atoms. The van der Waals surface area contributed by atoms with Crippen LogP contribution in [0.4, 0.5) is 0 Å². The minimum atomic E-state index is 0.752. The Bertz CT molecular complexity index is 425. The lowest BCUT2D eigenvalue weighted by Gasteiger charge is -2.02. The Morgan fingerprint density at radius 2 is 2.47 bits per heavy atom. The predicted molar refractivity (Wildman–Crippen MR) is 69.2 cm³/mol. The molecular formula is C12H17N3OS. The lowest BCUT2D eigenvalue weighted by molar-refractivity contribution is 0.199. The van der Waals surface area contributed by atoms with Gasteiger partial charge in [-0.3, -0.25) is 4.98 Å². The van der Waals surface area contributed by atoms with Crippen LogP contribution in [0.1, 0.15) is 10.4 Å². The summed E-state index contributed by atoms with van der Waals surface area (Å²) in [6.07, 6.45) is 6.19. The van der Waals surface area contributed by atoms with Crippen molar-refractivity contribution in [3.05, 3.63) is 40.6 Å². The van der Waals surface area contributed by atoms with Crippen LogP contribution in [-0.4, -0.2) is 29.8 Å². The van der Waals surface area contributed by atoms with Crippen molar-refractivity contribution in [1.29, 1.82) is 0 Å². The van der Waals surface area contributed by atoms with Crippen LogP contribution in [0.25, 0.3) is 0 Å². The van der Waals surface area contributed by atoms with Crippen LogP contribution in [0.3, 0.4) is 0 Å². The molecule has 0 unspecified atom stereocenters. The van der Waals surface area contributed by atoms with Gasteiger partial charge in [0.25, 0.3) is 0 Å². The second kappa shape index (κ2) is 6.54. The third-order valence-electron chi connectivity index (χ3n) is 2.45. The number of aromatic nitrogens is 2. The first-order valence-corrected chi connectivity index (χ1v) is 6.48. The molecule has 0 aliphatic rings. The van der Waals surface area contributed by atoms with Gasteiger partial charge in [0.1, 0.15) is 0 Å². The van der Waals surface area contributed by atoms with E-state index in [1.54, 1.807) is 18.4 Å². The third-order valence-corrected chi connectivity index (χ3v) is 3.21.